The normalized spacial score (nSPS) is 11.0. The summed E-state index contributed by atoms with van der Waals surface area (Å²) in [5.74, 6) is 0.0112. The van der Waals surface area contributed by atoms with Gasteiger partial charge in [-0.05, 0) is 82.6 Å². The van der Waals surface area contributed by atoms with Crippen LogP contribution >= 0.6 is 11.6 Å². The van der Waals surface area contributed by atoms with Crippen LogP contribution in [0.4, 0.5) is 22.7 Å². The molecule has 0 amide bonds. The van der Waals surface area contributed by atoms with Crippen molar-refractivity contribution in [2.75, 3.05) is 36.0 Å². The molecule has 0 saturated heterocycles. The highest BCUT2D eigenvalue weighted by Gasteiger charge is 2.14. The Morgan fingerprint density at radius 3 is 1.53 bits per heavy atom. The van der Waals surface area contributed by atoms with Crippen molar-refractivity contribution in [2.45, 2.75) is 34.6 Å². The maximum atomic E-state index is 11.8. The Kier molecular flexibility index (Phi) is 8.54. The van der Waals surface area contributed by atoms with Gasteiger partial charge in [-0.25, -0.2) is 0 Å². The highest BCUT2D eigenvalue weighted by Crippen LogP contribution is 2.35. The molecule has 2 aromatic carbocycles. The maximum absolute atomic E-state index is 11.8. The molecule has 7 heteroatoms. The average Bonchev–Trinajstić information content (AvgIpc) is 2.74. The van der Waals surface area contributed by atoms with Gasteiger partial charge in [-0.1, -0.05) is 0 Å². The molecule has 0 saturated carbocycles. The van der Waals surface area contributed by atoms with E-state index in [2.05, 4.69) is 33.9 Å². The van der Waals surface area contributed by atoms with Crippen LogP contribution in [0.5, 0.6) is 0 Å². The van der Waals surface area contributed by atoms with Crippen molar-refractivity contribution in [2.24, 2.45) is 10.2 Å². The first-order valence-corrected chi connectivity index (χ1v) is 10.6. The lowest BCUT2D eigenvalue weighted by atomic mass is 10.1. The van der Waals surface area contributed by atoms with Gasteiger partial charge in [-0.3, -0.25) is 9.59 Å². The van der Waals surface area contributed by atoms with E-state index in [9.17, 15) is 9.59 Å². The molecule has 0 atom stereocenters. The molecule has 2 rings (SSSR count). The quantitative estimate of drug-likeness (QED) is 0.250. The zero-order valence-electron chi connectivity index (χ0n) is 18.3. The molecular weight excluding hydrogens is 400 g/mol. The van der Waals surface area contributed by atoms with Crippen molar-refractivity contribution >= 4 is 45.4 Å². The van der Waals surface area contributed by atoms with E-state index < -0.39 is 5.24 Å². The largest absolute Gasteiger partial charge is 0.370 e. The second kappa shape index (κ2) is 10.9. The SMILES string of the molecule is CCN(CC)c1cc(C(C)=O)ccc1/N=N/c1ccc(C(=O)Cl)cc1N(CC)CC. The number of carbonyl (C=O) groups is 2. The average molecular weight is 429 g/mol. The van der Waals surface area contributed by atoms with Gasteiger partial charge >= 0.3 is 0 Å². The van der Waals surface area contributed by atoms with E-state index in [0.717, 1.165) is 37.6 Å². The van der Waals surface area contributed by atoms with Crippen LogP contribution < -0.4 is 9.80 Å². The highest BCUT2D eigenvalue weighted by atomic mass is 35.5. The van der Waals surface area contributed by atoms with E-state index in [1.807, 2.05) is 26.0 Å². The minimum atomic E-state index is -0.504. The summed E-state index contributed by atoms with van der Waals surface area (Å²) >= 11 is 5.67. The monoisotopic (exact) mass is 428 g/mol. The summed E-state index contributed by atoms with van der Waals surface area (Å²) in [6.07, 6.45) is 0. The first-order chi connectivity index (χ1) is 14.4. The summed E-state index contributed by atoms with van der Waals surface area (Å²) in [5, 5.41) is 8.50. The number of hydrogen-bond acceptors (Lipinski definition) is 6. The summed E-state index contributed by atoms with van der Waals surface area (Å²) in [6, 6.07) is 10.6. The van der Waals surface area contributed by atoms with Gasteiger partial charge in [0.05, 0.1) is 11.4 Å². The molecule has 160 valence electrons. The van der Waals surface area contributed by atoms with Crippen molar-refractivity contribution in [3.63, 3.8) is 0 Å². The van der Waals surface area contributed by atoms with Gasteiger partial charge in [-0.15, -0.1) is 10.2 Å². The molecule has 0 aliphatic heterocycles. The first kappa shape index (κ1) is 23.5. The molecule has 30 heavy (non-hydrogen) atoms. The van der Waals surface area contributed by atoms with Gasteiger partial charge in [0, 0.05) is 37.3 Å². The number of anilines is 2. The van der Waals surface area contributed by atoms with Crippen LogP contribution in [0.3, 0.4) is 0 Å². The highest BCUT2D eigenvalue weighted by molar-refractivity contribution is 6.67. The van der Waals surface area contributed by atoms with Gasteiger partial charge in [0.15, 0.2) is 5.78 Å². The van der Waals surface area contributed by atoms with Gasteiger partial charge in [0.25, 0.3) is 5.24 Å². The predicted molar refractivity (Wildman–Crippen MR) is 124 cm³/mol. The van der Waals surface area contributed by atoms with Gasteiger partial charge in [-0.2, -0.15) is 0 Å². The second-order valence-corrected chi connectivity index (χ2v) is 7.12. The van der Waals surface area contributed by atoms with Gasteiger partial charge < -0.3 is 9.80 Å². The fourth-order valence-electron chi connectivity index (χ4n) is 3.30. The second-order valence-electron chi connectivity index (χ2n) is 6.78. The molecule has 0 unspecified atom stereocenters. The third kappa shape index (κ3) is 5.45. The van der Waals surface area contributed by atoms with E-state index in [1.165, 1.54) is 0 Å². The van der Waals surface area contributed by atoms with E-state index in [0.29, 0.717) is 22.5 Å². The van der Waals surface area contributed by atoms with Crippen LogP contribution in [0.15, 0.2) is 46.6 Å². The third-order valence-corrected chi connectivity index (χ3v) is 5.28. The number of carbonyl (C=O) groups excluding carboxylic acids is 2. The minimum absolute atomic E-state index is 0.0112. The molecule has 0 aliphatic carbocycles. The molecule has 0 N–H and O–H groups in total. The van der Waals surface area contributed by atoms with Crippen LogP contribution in [-0.4, -0.2) is 37.2 Å². The Hall–Kier alpha value is -2.73. The molecule has 0 spiro atoms. The number of Topliss-reactive ketones (excluding diaryl/α,β-unsaturated/α-hetero) is 1. The summed E-state index contributed by atoms with van der Waals surface area (Å²) in [4.78, 5) is 27.7. The number of nitrogens with zero attached hydrogens (tertiary/aromatic N) is 4. The lowest BCUT2D eigenvalue weighted by Gasteiger charge is -2.24. The number of hydrogen-bond donors (Lipinski definition) is 0. The molecular formula is C23H29ClN4O2. The predicted octanol–water partition coefficient (Wildman–Crippen LogP) is 6.38. The van der Waals surface area contributed by atoms with Gasteiger partial charge in [0.2, 0.25) is 0 Å². The van der Waals surface area contributed by atoms with Crippen LogP contribution in [0.25, 0.3) is 0 Å². The number of ketones is 1. The Bertz CT molecular complexity index is 859. The molecule has 0 aromatic heterocycles. The van der Waals surface area contributed by atoms with Gasteiger partial charge in [0.1, 0.15) is 11.4 Å². The van der Waals surface area contributed by atoms with Crippen LogP contribution in [0.1, 0.15) is 55.3 Å². The third-order valence-electron chi connectivity index (χ3n) is 5.06. The molecule has 0 heterocycles. The zero-order valence-corrected chi connectivity index (χ0v) is 19.0. The molecule has 0 radical (unpaired) electrons. The Morgan fingerprint density at radius 1 is 0.767 bits per heavy atom. The van der Waals surface area contributed by atoms with Crippen LogP contribution in [-0.2, 0) is 0 Å². The Balaban J connectivity index is 2.55. The van der Waals surface area contributed by atoms with Crippen molar-refractivity contribution in [3.8, 4) is 0 Å². The standard InChI is InChI=1S/C23H29ClN4O2/c1-6-27(7-2)21-14-17(16(5)29)10-12-19(21)25-26-20-13-11-18(23(24)30)15-22(20)28(8-3)9-4/h10-15H,6-9H2,1-5H3/b26-25+. The number of halogens is 1. The van der Waals surface area contributed by atoms with Crippen molar-refractivity contribution in [1.82, 2.24) is 0 Å². The minimum Gasteiger partial charge on any atom is -0.370 e. The fraction of sp³-hybridized carbons (Fsp3) is 0.391. The number of azo groups is 1. The lowest BCUT2D eigenvalue weighted by Crippen LogP contribution is -2.22. The molecule has 0 aliphatic rings. The summed E-state index contributed by atoms with van der Waals surface area (Å²) in [5.41, 5.74) is 4.08. The van der Waals surface area contributed by atoms with E-state index >= 15 is 0 Å². The zero-order chi connectivity index (χ0) is 22.3. The van der Waals surface area contributed by atoms with Crippen molar-refractivity contribution in [1.29, 1.82) is 0 Å². The van der Waals surface area contributed by atoms with E-state index in [-0.39, 0.29) is 5.78 Å². The fourth-order valence-corrected chi connectivity index (χ4v) is 3.42. The topological polar surface area (TPSA) is 65.3 Å². The molecule has 6 nitrogen and oxygen atoms in total. The smallest absolute Gasteiger partial charge is 0.252 e. The van der Waals surface area contributed by atoms with E-state index in [4.69, 9.17) is 11.6 Å². The lowest BCUT2D eigenvalue weighted by molar-refractivity contribution is 0.101. The maximum Gasteiger partial charge on any atom is 0.252 e. The van der Waals surface area contributed by atoms with Crippen molar-refractivity contribution in [3.05, 3.63) is 47.5 Å². The summed E-state index contributed by atoms with van der Waals surface area (Å²) in [6.45, 7) is 12.9. The Morgan fingerprint density at radius 2 is 1.17 bits per heavy atom. The van der Waals surface area contributed by atoms with Crippen LogP contribution in [0.2, 0.25) is 0 Å². The Labute approximate surface area is 183 Å². The molecule has 2 aromatic rings. The first-order valence-electron chi connectivity index (χ1n) is 10.3. The van der Waals surface area contributed by atoms with Crippen molar-refractivity contribution < 1.29 is 9.59 Å². The molecule has 0 fully saturated rings. The summed E-state index contributed by atoms with van der Waals surface area (Å²) in [7, 11) is 0. The molecule has 0 bridgehead atoms. The van der Waals surface area contributed by atoms with E-state index in [1.54, 1.807) is 31.2 Å². The number of rotatable bonds is 10. The van der Waals surface area contributed by atoms with Crippen LogP contribution in [0, 0.1) is 0 Å². The summed E-state index contributed by atoms with van der Waals surface area (Å²) < 4.78 is 0. The number of benzene rings is 2.